The molecule has 1 saturated heterocycles. The quantitative estimate of drug-likeness (QED) is 0.537. The summed E-state index contributed by atoms with van der Waals surface area (Å²) in [5.74, 6) is -1.92. The molecule has 0 spiro atoms. The second-order valence-electron chi connectivity index (χ2n) is 3.35. The second kappa shape index (κ2) is 9.80. The van der Waals surface area contributed by atoms with E-state index in [1.165, 1.54) is 12.8 Å². The fourth-order valence-electron chi connectivity index (χ4n) is 1.01. The Labute approximate surface area is 99.8 Å². The molecule has 0 amide bonds. The summed E-state index contributed by atoms with van der Waals surface area (Å²) in [5.41, 5.74) is -0.129. The summed E-state index contributed by atoms with van der Waals surface area (Å²) in [6.45, 7) is 4.78. The predicted molar refractivity (Wildman–Crippen MR) is 59.5 cm³/mol. The van der Waals surface area contributed by atoms with E-state index in [9.17, 15) is 9.59 Å². The van der Waals surface area contributed by atoms with Crippen LogP contribution in [0.2, 0.25) is 0 Å². The largest absolute Gasteiger partial charge is 0.481 e. The van der Waals surface area contributed by atoms with Crippen LogP contribution in [-0.2, 0) is 19.1 Å². The zero-order valence-electron chi connectivity index (χ0n) is 9.68. The lowest BCUT2D eigenvalue weighted by Crippen LogP contribution is -2.12. The van der Waals surface area contributed by atoms with E-state index >= 15 is 0 Å². The van der Waals surface area contributed by atoms with Crippen molar-refractivity contribution >= 4 is 11.9 Å². The van der Waals surface area contributed by atoms with E-state index in [1.54, 1.807) is 0 Å². The predicted octanol–water partition coefficient (Wildman–Crippen LogP) is 0.350. The van der Waals surface area contributed by atoms with Crippen molar-refractivity contribution in [1.29, 1.82) is 0 Å². The Hall–Kier alpha value is -1.40. The highest BCUT2D eigenvalue weighted by Gasteiger charge is 2.11. The lowest BCUT2D eigenvalue weighted by Gasteiger charge is -2.02. The minimum Gasteiger partial charge on any atom is -0.481 e. The molecule has 0 aromatic carbocycles. The van der Waals surface area contributed by atoms with E-state index in [-0.39, 0.29) is 18.8 Å². The molecule has 2 N–H and O–H groups in total. The number of hydrogen-bond donors (Lipinski definition) is 2. The molecule has 0 aromatic rings. The van der Waals surface area contributed by atoms with Crippen LogP contribution in [0.4, 0.5) is 0 Å². The Morgan fingerprint density at radius 1 is 1.29 bits per heavy atom. The first-order chi connectivity index (χ1) is 8.07. The molecule has 0 aromatic heterocycles. The molecular formula is C11H18O6. The topological polar surface area (TPSA) is 93.1 Å². The van der Waals surface area contributed by atoms with Gasteiger partial charge in [-0.3, -0.25) is 4.79 Å². The van der Waals surface area contributed by atoms with Crippen molar-refractivity contribution in [1.82, 2.24) is 0 Å². The summed E-state index contributed by atoms with van der Waals surface area (Å²) >= 11 is 0. The van der Waals surface area contributed by atoms with Crippen molar-refractivity contribution in [3.05, 3.63) is 12.2 Å². The maximum absolute atomic E-state index is 10.7. The van der Waals surface area contributed by atoms with Crippen LogP contribution in [0.15, 0.2) is 12.2 Å². The molecule has 6 nitrogen and oxygen atoms in total. The number of carboxylic acid groups (broad SMARTS) is 1. The van der Waals surface area contributed by atoms with Gasteiger partial charge in [0.2, 0.25) is 0 Å². The molecule has 1 aliphatic rings. The van der Waals surface area contributed by atoms with Crippen LogP contribution in [0.1, 0.15) is 19.3 Å². The van der Waals surface area contributed by atoms with Crippen LogP contribution < -0.4 is 0 Å². The number of aliphatic hydroxyl groups is 1. The third-order valence-corrected chi connectivity index (χ3v) is 1.81. The molecule has 1 heterocycles. The molecule has 1 rings (SSSR count). The summed E-state index contributed by atoms with van der Waals surface area (Å²) in [5, 5.41) is 16.5. The Balaban J connectivity index is 0.000000419. The van der Waals surface area contributed by atoms with Crippen molar-refractivity contribution in [2.24, 2.45) is 0 Å². The maximum Gasteiger partial charge on any atom is 0.334 e. The highest BCUT2D eigenvalue weighted by Crippen LogP contribution is 2.00. The maximum atomic E-state index is 10.7. The van der Waals surface area contributed by atoms with Gasteiger partial charge in [-0.05, 0) is 12.8 Å². The molecular weight excluding hydrogens is 228 g/mol. The Morgan fingerprint density at radius 2 is 1.88 bits per heavy atom. The molecule has 0 unspecified atom stereocenters. The highest BCUT2D eigenvalue weighted by atomic mass is 16.5. The highest BCUT2D eigenvalue weighted by molar-refractivity contribution is 5.92. The fourth-order valence-corrected chi connectivity index (χ4v) is 1.01. The van der Waals surface area contributed by atoms with Gasteiger partial charge in [-0.15, -0.1) is 0 Å². The zero-order valence-corrected chi connectivity index (χ0v) is 9.68. The zero-order chi connectivity index (χ0) is 13.1. The molecule has 0 radical (unpaired) electrons. The van der Waals surface area contributed by atoms with E-state index in [1.807, 2.05) is 0 Å². The number of rotatable bonds is 5. The van der Waals surface area contributed by atoms with Gasteiger partial charge in [0.25, 0.3) is 0 Å². The summed E-state index contributed by atoms with van der Waals surface area (Å²) in [6.07, 6.45) is 2.12. The summed E-state index contributed by atoms with van der Waals surface area (Å²) in [7, 11) is 0. The van der Waals surface area contributed by atoms with Gasteiger partial charge in [-0.1, -0.05) is 6.58 Å². The van der Waals surface area contributed by atoms with Crippen LogP contribution >= 0.6 is 0 Å². The van der Waals surface area contributed by atoms with Gasteiger partial charge in [-0.2, -0.15) is 0 Å². The second-order valence-corrected chi connectivity index (χ2v) is 3.35. The minimum absolute atomic E-state index is 0.129. The standard InChI is InChI=1S/C7H10O5.C4H8O/c1-5(4-6(9)10)7(11)12-3-2-8;1-2-4-5-3-1/h8H,1-4H2,(H,9,10);1-4H2. The smallest absolute Gasteiger partial charge is 0.334 e. The number of hydrogen-bond acceptors (Lipinski definition) is 5. The monoisotopic (exact) mass is 246 g/mol. The van der Waals surface area contributed by atoms with E-state index in [2.05, 4.69) is 11.3 Å². The Bertz CT molecular complexity index is 249. The number of ether oxygens (including phenoxy) is 2. The van der Waals surface area contributed by atoms with E-state index in [0.717, 1.165) is 13.2 Å². The third-order valence-electron chi connectivity index (χ3n) is 1.81. The van der Waals surface area contributed by atoms with Gasteiger partial charge in [0, 0.05) is 18.8 Å². The van der Waals surface area contributed by atoms with Crippen LogP contribution in [0.25, 0.3) is 0 Å². The number of carbonyl (C=O) groups excluding carboxylic acids is 1. The number of aliphatic carboxylic acids is 1. The molecule has 98 valence electrons. The van der Waals surface area contributed by atoms with Gasteiger partial charge < -0.3 is 19.7 Å². The van der Waals surface area contributed by atoms with Gasteiger partial charge in [0.15, 0.2) is 0 Å². The van der Waals surface area contributed by atoms with Crippen LogP contribution in [0.3, 0.4) is 0 Å². The molecule has 0 atom stereocenters. The molecule has 1 fully saturated rings. The number of carbonyl (C=O) groups is 2. The Kier molecular flexibility index (Phi) is 8.99. The van der Waals surface area contributed by atoms with Crippen LogP contribution in [-0.4, -0.2) is 48.6 Å². The molecule has 0 saturated carbocycles. The van der Waals surface area contributed by atoms with Gasteiger partial charge >= 0.3 is 11.9 Å². The van der Waals surface area contributed by atoms with Gasteiger partial charge in [-0.25, -0.2) is 4.79 Å². The summed E-state index contributed by atoms with van der Waals surface area (Å²) in [6, 6.07) is 0. The van der Waals surface area contributed by atoms with Crippen molar-refractivity contribution in [2.45, 2.75) is 19.3 Å². The average Bonchev–Trinajstić information content (AvgIpc) is 2.83. The van der Waals surface area contributed by atoms with Gasteiger partial charge in [0.05, 0.1) is 13.0 Å². The lowest BCUT2D eigenvalue weighted by atomic mass is 10.2. The normalized spacial score (nSPS) is 13.5. The minimum atomic E-state index is -1.14. The van der Waals surface area contributed by atoms with Gasteiger partial charge in [0.1, 0.15) is 6.61 Å². The molecule has 17 heavy (non-hydrogen) atoms. The van der Waals surface area contributed by atoms with E-state index < -0.39 is 18.4 Å². The fraction of sp³-hybridized carbons (Fsp3) is 0.636. The van der Waals surface area contributed by atoms with Crippen LogP contribution in [0.5, 0.6) is 0 Å². The number of carboxylic acids is 1. The van der Waals surface area contributed by atoms with Crippen molar-refractivity contribution in [2.75, 3.05) is 26.4 Å². The molecule has 0 aliphatic carbocycles. The summed E-state index contributed by atoms with van der Waals surface area (Å²) in [4.78, 5) is 20.8. The lowest BCUT2D eigenvalue weighted by molar-refractivity contribution is -0.143. The van der Waals surface area contributed by atoms with Crippen molar-refractivity contribution in [3.63, 3.8) is 0 Å². The average molecular weight is 246 g/mol. The number of aliphatic hydroxyl groups excluding tert-OH is 1. The molecule has 0 bridgehead atoms. The van der Waals surface area contributed by atoms with E-state index in [4.69, 9.17) is 14.9 Å². The molecule has 1 aliphatic heterocycles. The first-order valence-electron chi connectivity index (χ1n) is 5.33. The van der Waals surface area contributed by atoms with Crippen molar-refractivity contribution < 1.29 is 29.3 Å². The SMILES string of the molecule is C1CCOC1.C=C(CC(=O)O)C(=O)OCCO. The molecule has 6 heteroatoms. The first kappa shape index (κ1) is 15.6. The van der Waals surface area contributed by atoms with E-state index in [0.29, 0.717) is 0 Å². The van der Waals surface area contributed by atoms with Crippen LogP contribution in [0, 0.1) is 0 Å². The summed E-state index contributed by atoms with van der Waals surface area (Å²) < 4.78 is 9.35. The number of esters is 1. The first-order valence-corrected chi connectivity index (χ1v) is 5.33. The third kappa shape index (κ3) is 9.52. The van der Waals surface area contributed by atoms with Crippen molar-refractivity contribution in [3.8, 4) is 0 Å². The Morgan fingerprint density at radius 3 is 2.24 bits per heavy atom.